The zero-order chi connectivity index (χ0) is 13.4. The van der Waals surface area contributed by atoms with Crippen molar-refractivity contribution in [3.63, 3.8) is 0 Å². The van der Waals surface area contributed by atoms with E-state index in [-0.39, 0.29) is 5.78 Å². The minimum absolute atomic E-state index is 0.0785. The van der Waals surface area contributed by atoms with Gasteiger partial charge in [0.05, 0.1) is 4.88 Å². The Morgan fingerprint density at radius 1 is 1.00 bits per heavy atom. The third-order valence-electron chi connectivity index (χ3n) is 3.10. The second kappa shape index (κ2) is 4.58. The van der Waals surface area contributed by atoms with E-state index < -0.39 is 0 Å². The minimum atomic E-state index is 0.0785. The number of rotatable bonds is 2. The fourth-order valence-electron chi connectivity index (χ4n) is 2.10. The van der Waals surface area contributed by atoms with Crippen molar-refractivity contribution in [3.05, 3.63) is 50.2 Å². The molecule has 0 bridgehead atoms. The van der Waals surface area contributed by atoms with Crippen LogP contribution in [0.1, 0.15) is 36.8 Å². The second-order valence-electron chi connectivity index (χ2n) is 4.72. The first kappa shape index (κ1) is 12.8. The van der Waals surface area contributed by atoms with Crippen molar-refractivity contribution >= 4 is 22.8 Å². The molecule has 1 aromatic heterocycles. The summed E-state index contributed by atoms with van der Waals surface area (Å²) in [4.78, 5) is 14.5. The second-order valence-corrected chi connectivity index (χ2v) is 5.98. The lowest BCUT2D eigenvalue weighted by molar-refractivity contribution is 0.104. The summed E-state index contributed by atoms with van der Waals surface area (Å²) in [6.07, 6.45) is 0. The van der Waals surface area contributed by atoms with Crippen LogP contribution in [0.4, 0.5) is 5.69 Å². The monoisotopic (exact) mass is 259 g/mol. The molecule has 0 saturated carbocycles. The number of carbonyl (C=O) groups is 1. The number of carbonyl (C=O) groups excluding carboxylic acids is 1. The quantitative estimate of drug-likeness (QED) is 0.658. The molecule has 0 spiro atoms. The van der Waals surface area contributed by atoms with Gasteiger partial charge >= 0.3 is 0 Å². The fourth-order valence-corrected chi connectivity index (χ4v) is 3.08. The summed E-state index contributed by atoms with van der Waals surface area (Å²) in [5.74, 6) is 0.0785. The van der Waals surface area contributed by atoms with Gasteiger partial charge in [-0.2, -0.15) is 0 Å². The highest BCUT2D eigenvalue weighted by molar-refractivity contribution is 7.14. The van der Waals surface area contributed by atoms with E-state index in [0.29, 0.717) is 11.3 Å². The number of anilines is 1. The predicted molar refractivity (Wildman–Crippen MR) is 77.6 cm³/mol. The van der Waals surface area contributed by atoms with Gasteiger partial charge in [-0.1, -0.05) is 6.07 Å². The molecule has 0 aliphatic rings. The van der Waals surface area contributed by atoms with E-state index in [1.807, 2.05) is 39.8 Å². The topological polar surface area (TPSA) is 43.1 Å². The molecule has 2 nitrogen and oxygen atoms in total. The summed E-state index contributed by atoms with van der Waals surface area (Å²) in [5, 5.41) is 0. The molecule has 0 saturated heterocycles. The van der Waals surface area contributed by atoms with Gasteiger partial charge in [0.2, 0.25) is 5.78 Å². The molecule has 0 aliphatic carbocycles. The zero-order valence-electron chi connectivity index (χ0n) is 11.1. The number of hydrogen-bond acceptors (Lipinski definition) is 3. The molecule has 0 fully saturated rings. The van der Waals surface area contributed by atoms with E-state index in [1.165, 1.54) is 0 Å². The number of aryl methyl sites for hydroxylation is 4. The van der Waals surface area contributed by atoms with Gasteiger partial charge in [0.25, 0.3) is 0 Å². The average molecular weight is 259 g/mol. The van der Waals surface area contributed by atoms with Crippen molar-refractivity contribution in [2.75, 3.05) is 5.73 Å². The van der Waals surface area contributed by atoms with Gasteiger partial charge in [0.1, 0.15) is 0 Å². The van der Waals surface area contributed by atoms with Gasteiger partial charge in [-0.15, -0.1) is 11.3 Å². The lowest BCUT2D eigenvalue weighted by Crippen LogP contribution is -2.05. The summed E-state index contributed by atoms with van der Waals surface area (Å²) < 4.78 is 0. The fraction of sp³-hybridized carbons (Fsp3) is 0.267. The lowest BCUT2D eigenvalue weighted by Gasteiger charge is -2.08. The van der Waals surface area contributed by atoms with E-state index in [2.05, 4.69) is 0 Å². The molecule has 94 valence electrons. The van der Waals surface area contributed by atoms with E-state index in [4.69, 9.17) is 5.73 Å². The molecule has 2 rings (SSSR count). The van der Waals surface area contributed by atoms with Gasteiger partial charge in [0, 0.05) is 16.1 Å². The van der Waals surface area contributed by atoms with Crippen molar-refractivity contribution in [3.8, 4) is 0 Å². The Kier molecular flexibility index (Phi) is 3.26. The largest absolute Gasteiger partial charge is 0.398 e. The summed E-state index contributed by atoms with van der Waals surface area (Å²) in [5.41, 5.74) is 10.3. The molecular formula is C15H17NOS. The highest BCUT2D eigenvalue weighted by Gasteiger charge is 2.17. The van der Waals surface area contributed by atoms with Crippen molar-refractivity contribution < 1.29 is 4.79 Å². The first-order valence-corrected chi connectivity index (χ1v) is 6.70. The van der Waals surface area contributed by atoms with E-state index in [0.717, 1.165) is 26.4 Å². The molecule has 0 radical (unpaired) electrons. The number of nitrogen functional groups attached to an aromatic ring is 1. The van der Waals surface area contributed by atoms with Gasteiger partial charge in [0.15, 0.2) is 0 Å². The van der Waals surface area contributed by atoms with Crippen LogP contribution in [0.5, 0.6) is 0 Å². The Labute approximate surface area is 111 Å². The first-order chi connectivity index (χ1) is 8.40. The normalized spacial score (nSPS) is 10.7. The standard InChI is InChI=1S/C15H17NOS/c1-8-5-9(2)13(16)7-12(8)14(17)15-10(3)6-11(4)18-15/h5-7H,16H2,1-4H3. The first-order valence-electron chi connectivity index (χ1n) is 5.88. The van der Waals surface area contributed by atoms with Crippen LogP contribution < -0.4 is 5.73 Å². The number of ketones is 1. The maximum Gasteiger partial charge on any atom is 0.203 e. The van der Waals surface area contributed by atoms with Crippen LogP contribution >= 0.6 is 11.3 Å². The van der Waals surface area contributed by atoms with Crippen molar-refractivity contribution in [2.45, 2.75) is 27.7 Å². The van der Waals surface area contributed by atoms with E-state index in [9.17, 15) is 4.79 Å². The molecule has 0 atom stereocenters. The average Bonchev–Trinajstić information content (AvgIpc) is 2.62. The number of thiophene rings is 1. The van der Waals surface area contributed by atoms with Crippen LogP contribution in [0.3, 0.4) is 0 Å². The Balaban J connectivity index is 2.53. The van der Waals surface area contributed by atoms with Crippen LogP contribution in [0.2, 0.25) is 0 Å². The van der Waals surface area contributed by atoms with Crippen LogP contribution in [0.15, 0.2) is 18.2 Å². The lowest BCUT2D eigenvalue weighted by atomic mass is 9.99. The summed E-state index contributed by atoms with van der Waals surface area (Å²) in [7, 11) is 0. The SMILES string of the molecule is Cc1cc(C)c(C(=O)c2cc(N)c(C)cc2C)s1. The zero-order valence-corrected chi connectivity index (χ0v) is 11.9. The molecule has 2 N–H and O–H groups in total. The van der Waals surface area contributed by atoms with Crippen LogP contribution in [-0.2, 0) is 0 Å². The van der Waals surface area contributed by atoms with E-state index in [1.54, 1.807) is 17.4 Å². The molecule has 0 unspecified atom stereocenters. The molecule has 3 heteroatoms. The van der Waals surface area contributed by atoms with Crippen LogP contribution in [-0.4, -0.2) is 5.78 Å². The summed E-state index contributed by atoms with van der Waals surface area (Å²) in [6.45, 7) is 7.90. The molecule has 1 aromatic carbocycles. The third kappa shape index (κ3) is 2.18. The number of nitrogens with two attached hydrogens (primary N) is 1. The Bertz CT molecular complexity index is 626. The number of hydrogen-bond donors (Lipinski definition) is 1. The minimum Gasteiger partial charge on any atom is -0.398 e. The molecular weight excluding hydrogens is 242 g/mol. The maximum absolute atomic E-state index is 12.5. The molecule has 1 heterocycles. The van der Waals surface area contributed by atoms with Crippen molar-refractivity contribution in [1.29, 1.82) is 0 Å². The highest BCUT2D eigenvalue weighted by atomic mass is 32.1. The van der Waals surface area contributed by atoms with Gasteiger partial charge < -0.3 is 5.73 Å². The molecule has 0 aliphatic heterocycles. The molecule has 2 aromatic rings. The Morgan fingerprint density at radius 3 is 2.22 bits per heavy atom. The maximum atomic E-state index is 12.5. The highest BCUT2D eigenvalue weighted by Crippen LogP contribution is 2.27. The smallest absolute Gasteiger partial charge is 0.203 e. The Hall–Kier alpha value is -1.61. The predicted octanol–water partition coefficient (Wildman–Crippen LogP) is 3.79. The molecule has 0 amide bonds. The number of benzene rings is 1. The molecule has 18 heavy (non-hydrogen) atoms. The van der Waals surface area contributed by atoms with Gasteiger partial charge in [-0.05, 0) is 56.5 Å². The van der Waals surface area contributed by atoms with Crippen LogP contribution in [0.25, 0.3) is 0 Å². The third-order valence-corrected chi connectivity index (χ3v) is 4.26. The van der Waals surface area contributed by atoms with Crippen LogP contribution in [0, 0.1) is 27.7 Å². The summed E-state index contributed by atoms with van der Waals surface area (Å²) in [6, 6.07) is 5.81. The van der Waals surface area contributed by atoms with Crippen molar-refractivity contribution in [1.82, 2.24) is 0 Å². The summed E-state index contributed by atoms with van der Waals surface area (Å²) >= 11 is 1.55. The van der Waals surface area contributed by atoms with Gasteiger partial charge in [-0.25, -0.2) is 0 Å². The Morgan fingerprint density at radius 2 is 1.67 bits per heavy atom. The van der Waals surface area contributed by atoms with Crippen molar-refractivity contribution in [2.24, 2.45) is 0 Å². The van der Waals surface area contributed by atoms with Gasteiger partial charge in [-0.3, -0.25) is 4.79 Å². The van der Waals surface area contributed by atoms with E-state index >= 15 is 0 Å².